The van der Waals surface area contributed by atoms with Crippen molar-refractivity contribution in [3.05, 3.63) is 0 Å². The van der Waals surface area contributed by atoms with Crippen LogP contribution in [0.2, 0.25) is 0 Å². The van der Waals surface area contributed by atoms with Crippen LogP contribution in [0.25, 0.3) is 0 Å². The van der Waals surface area contributed by atoms with E-state index in [0.717, 1.165) is 0 Å². The first-order valence-corrected chi connectivity index (χ1v) is 7.63. The number of rotatable bonds is 10. The van der Waals surface area contributed by atoms with Crippen LogP contribution in [0.15, 0.2) is 0 Å². The molecule has 0 aliphatic carbocycles. The van der Waals surface area contributed by atoms with Gasteiger partial charge in [0, 0.05) is 5.75 Å². The van der Waals surface area contributed by atoms with Crippen molar-refractivity contribution in [1.29, 1.82) is 0 Å². The molecule has 0 heterocycles. The summed E-state index contributed by atoms with van der Waals surface area (Å²) in [5, 5.41) is 22.1. The van der Waals surface area contributed by atoms with Gasteiger partial charge < -0.3 is 26.6 Å². The second-order valence-electron chi connectivity index (χ2n) is 5.48. The summed E-state index contributed by atoms with van der Waals surface area (Å²) in [6, 6.07) is -3.59. The first-order valence-electron chi connectivity index (χ1n) is 7.00. The van der Waals surface area contributed by atoms with E-state index in [1.807, 2.05) is 13.8 Å². The van der Waals surface area contributed by atoms with E-state index in [4.69, 9.17) is 15.9 Å². The number of aliphatic carboxylic acids is 2. The number of amides is 2. The van der Waals surface area contributed by atoms with Gasteiger partial charge in [0.2, 0.25) is 11.8 Å². The van der Waals surface area contributed by atoms with Crippen molar-refractivity contribution in [3.63, 3.8) is 0 Å². The first-order chi connectivity index (χ1) is 10.6. The minimum absolute atomic E-state index is 0.142. The van der Waals surface area contributed by atoms with E-state index < -0.39 is 48.3 Å². The first kappa shape index (κ1) is 21.2. The average Bonchev–Trinajstić information content (AvgIpc) is 2.41. The fraction of sp³-hybridized carbons (Fsp3) is 0.692. The number of nitrogens with two attached hydrogens (primary N) is 1. The Bertz CT molecular complexity index is 457. The molecule has 0 aromatic carbocycles. The molecule has 6 N–H and O–H groups in total. The molecular weight excluding hydrogens is 326 g/mol. The maximum Gasteiger partial charge on any atom is 0.327 e. The fourth-order valence-electron chi connectivity index (χ4n) is 1.74. The summed E-state index contributed by atoms with van der Waals surface area (Å²) in [6.07, 6.45) is -0.327. The molecule has 3 unspecified atom stereocenters. The molecule has 0 radical (unpaired) electrons. The Morgan fingerprint density at radius 1 is 1.04 bits per heavy atom. The number of carbonyl (C=O) groups excluding carboxylic acids is 2. The lowest BCUT2D eigenvalue weighted by molar-refractivity contribution is -0.143. The molecule has 0 fully saturated rings. The van der Waals surface area contributed by atoms with Crippen molar-refractivity contribution in [1.82, 2.24) is 10.6 Å². The van der Waals surface area contributed by atoms with Crippen LogP contribution in [0.3, 0.4) is 0 Å². The molecule has 0 saturated heterocycles. The normalized spacial score (nSPS) is 14.7. The predicted molar refractivity (Wildman–Crippen MR) is 85.0 cm³/mol. The van der Waals surface area contributed by atoms with Gasteiger partial charge in [-0.2, -0.15) is 12.6 Å². The van der Waals surface area contributed by atoms with Crippen LogP contribution in [0.5, 0.6) is 0 Å². The SMILES string of the molecule is CC(C)CC(N)C(=O)NC(CC(=O)O)C(=O)NC(CS)C(=O)O. The zero-order chi connectivity index (χ0) is 18.2. The number of hydrogen-bond donors (Lipinski definition) is 6. The molecule has 0 aromatic rings. The molecule has 132 valence electrons. The average molecular weight is 349 g/mol. The highest BCUT2D eigenvalue weighted by molar-refractivity contribution is 7.80. The minimum Gasteiger partial charge on any atom is -0.481 e. The van der Waals surface area contributed by atoms with E-state index in [1.165, 1.54) is 0 Å². The van der Waals surface area contributed by atoms with Crippen molar-refractivity contribution in [2.75, 3.05) is 5.75 Å². The van der Waals surface area contributed by atoms with Crippen LogP contribution in [0.4, 0.5) is 0 Å². The molecule has 2 amide bonds. The Labute approximate surface area is 139 Å². The smallest absolute Gasteiger partial charge is 0.327 e. The van der Waals surface area contributed by atoms with Gasteiger partial charge in [0.15, 0.2) is 0 Å². The van der Waals surface area contributed by atoms with Gasteiger partial charge in [0.1, 0.15) is 12.1 Å². The Hall–Kier alpha value is -1.81. The van der Waals surface area contributed by atoms with Gasteiger partial charge in [0.25, 0.3) is 0 Å². The highest BCUT2D eigenvalue weighted by Gasteiger charge is 2.29. The van der Waals surface area contributed by atoms with E-state index >= 15 is 0 Å². The van der Waals surface area contributed by atoms with Crippen LogP contribution >= 0.6 is 12.6 Å². The summed E-state index contributed by atoms with van der Waals surface area (Å²) < 4.78 is 0. The third kappa shape index (κ3) is 8.41. The molecule has 0 rings (SSSR count). The lowest BCUT2D eigenvalue weighted by Crippen LogP contribution is -2.55. The van der Waals surface area contributed by atoms with Crippen molar-refractivity contribution in [3.8, 4) is 0 Å². The third-order valence-corrected chi connectivity index (χ3v) is 3.24. The summed E-state index contributed by atoms with van der Waals surface area (Å²) in [5.74, 6) is -4.26. The maximum atomic E-state index is 12.0. The molecule has 3 atom stereocenters. The van der Waals surface area contributed by atoms with Gasteiger partial charge in [-0.15, -0.1) is 0 Å². The Morgan fingerprint density at radius 3 is 1.96 bits per heavy atom. The zero-order valence-corrected chi connectivity index (χ0v) is 13.9. The molecule has 0 aliphatic heterocycles. The molecule has 0 saturated carbocycles. The monoisotopic (exact) mass is 349 g/mol. The fourth-order valence-corrected chi connectivity index (χ4v) is 1.98. The molecule has 9 nitrogen and oxygen atoms in total. The van der Waals surface area contributed by atoms with Gasteiger partial charge in [0.05, 0.1) is 12.5 Å². The minimum atomic E-state index is -1.42. The zero-order valence-electron chi connectivity index (χ0n) is 13.0. The van der Waals surface area contributed by atoms with E-state index in [-0.39, 0.29) is 11.7 Å². The Balaban J connectivity index is 4.93. The van der Waals surface area contributed by atoms with Crippen molar-refractivity contribution >= 4 is 36.4 Å². The second-order valence-corrected chi connectivity index (χ2v) is 5.84. The summed E-state index contributed by atoms with van der Waals surface area (Å²) in [4.78, 5) is 45.6. The third-order valence-electron chi connectivity index (χ3n) is 2.87. The van der Waals surface area contributed by atoms with Gasteiger partial charge >= 0.3 is 11.9 Å². The quantitative estimate of drug-likeness (QED) is 0.271. The molecule has 10 heteroatoms. The van der Waals surface area contributed by atoms with E-state index in [9.17, 15) is 19.2 Å². The number of carboxylic acid groups (broad SMARTS) is 2. The summed E-state index contributed by atoms with van der Waals surface area (Å²) >= 11 is 3.79. The summed E-state index contributed by atoms with van der Waals surface area (Å²) in [7, 11) is 0. The number of nitrogens with one attached hydrogen (secondary N) is 2. The van der Waals surface area contributed by atoms with Gasteiger partial charge in [-0.05, 0) is 12.3 Å². The summed E-state index contributed by atoms with van der Waals surface area (Å²) in [5.41, 5.74) is 5.68. The lowest BCUT2D eigenvalue weighted by atomic mass is 10.0. The Morgan fingerprint density at radius 2 is 1.57 bits per heavy atom. The lowest BCUT2D eigenvalue weighted by Gasteiger charge is -2.21. The van der Waals surface area contributed by atoms with E-state index in [0.29, 0.717) is 6.42 Å². The van der Waals surface area contributed by atoms with Gasteiger partial charge in [-0.25, -0.2) is 4.79 Å². The van der Waals surface area contributed by atoms with Crippen LogP contribution in [0.1, 0.15) is 26.7 Å². The molecule has 0 aromatic heterocycles. The highest BCUT2D eigenvalue weighted by atomic mass is 32.1. The number of thiol groups is 1. The predicted octanol–water partition coefficient (Wildman–Crippen LogP) is -1.18. The van der Waals surface area contributed by atoms with Crippen molar-refractivity contribution in [2.24, 2.45) is 11.7 Å². The maximum absolute atomic E-state index is 12.0. The van der Waals surface area contributed by atoms with Crippen LogP contribution in [-0.4, -0.2) is 57.8 Å². The Kier molecular flexibility index (Phi) is 9.27. The number of hydrogen-bond acceptors (Lipinski definition) is 6. The molecule has 0 aliphatic rings. The second kappa shape index (κ2) is 10.1. The topological polar surface area (TPSA) is 159 Å². The molecular formula is C13H23N3O6S. The van der Waals surface area contributed by atoms with Crippen LogP contribution in [-0.2, 0) is 19.2 Å². The highest BCUT2D eigenvalue weighted by Crippen LogP contribution is 2.04. The summed E-state index contributed by atoms with van der Waals surface area (Å²) in [6.45, 7) is 3.72. The largest absolute Gasteiger partial charge is 0.481 e. The standard InChI is InChI=1S/C13H23N3O6S/c1-6(2)3-7(14)11(19)15-8(4-10(17)18)12(20)16-9(5-23)13(21)22/h6-9,23H,3-5,14H2,1-2H3,(H,15,19)(H,16,20)(H,17,18)(H,21,22). The van der Waals surface area contributed by atoms with Crippen LogP contribution in [0, 0.1) is 5.92 Å². The van der Waals surface area contributed by atoms with Gasteiger partial charge in [-0.3, -0.25) is 14.4 Å². The number of carbonyl (C=O) groups is 4. The molecule has 0 spiro atoms. The van der Waals surface area contributed by atoms with E-state index in [2.05, 4.69) is 23.3 Å². The van der Waals surface area contributed by atoms with Crippen molar-refractivity contribution in [2.45, 2.75) is 44.8 Å². The molecule has 23 heavy (non-hydrogen) atoms. The van der Waals surface area contributed by atoms with Crippen molar-refractivity contribution < 1.29 is 29.4 Å². The van der Waals surface area contributed by atoms with Crippen LogP contribution < -0.4 is 16.4 Å². The van der Waals surface area contributed by atoms with Gasteiger partial charge in [-0.1, -0.05) is 13.8 Å². The number of carboxylic acids is 2. The molecule has 0 bridgehead atoms. The van der Waals surface area contributed by atoms with E-state index in [1.54, 1.807) is 0 Å².